The molecule has 4 rings (SSSR count). The van der Waals surface area contributed by atoms with Gasteiger partial charge in [-0.3, -0.25) is 19.6 Å². The van der Waals surface area contributed by atoms with Crippen molar-refractivity contribution in [3.8, 4) is 28.5 Å². The van der Waals surface area contributed by atoms with E-state index in [-0.39, 0.29) is 29.7 Å². The zero-order valence-electron chi connectivity index (χ0n) is 17.2. The van der Waals surface area contributed by atoms with E-state index in [0.717, 1.165) is 5.56 Å². The number of fused-ring (bicyclic) bond motifs is 1. The molecule has 0 radical (unpaired) electrons. The lowest BCUT2D eigenvalue weighted by Gasteiger charge is -2.11. The van der Waals surface area contributed by atoms with E-state index in [1.807, 2.05) is 6.07 Å². The van der Waals surface area contributed by atoms with Crippen LogP contribution >= 0.6 is 0 Å². The molecule has 0 unspecified atom stereocenters. The average Bonchev–Trinajstić information content (AvgIpc) is 2.78. The summed E-state index contributed by atoms with van der Waals surface area (Å²) >= 11 is 0. The van der Waals surface area contributed by atoms with Gasteiger partial charge in [0.05, 0.1) is 12.1 Å². The largest absolute Gasteiger partial charge is 0.504 e. The number of pyridine rings is 1. The predicted octanol–water partition coefficient (Wildman–Crippen LogP) is 4.13. The van der Waals surface area contributed by atoms with Gasteiger partial charge in [-0.2, -0.15) is 0 Å². The minimum atomic E-state index is -0.430. The Labute approximate surface area is 183 Å². The molecule has 7 nitrogen and oxygen atoms in total. The number of hydrogen-bond acceptors (Lipinski definition) is 6. The van der Waals surface area contributed by atoms with Crippen LogP contribution in [0.4, 0.5) is 0 Å². The Morgan fingerprint density at radius 1 is 1.00 bits per heavy atom. The highest BCUT2D eigenvalue weighted by molar-refractivity contribution is 6.08. The Hall–Kier alpha value is -4.39. The van der Waals surface area contributed by atoms with Crippen molar-refractivity contribution in [2.45, 2.75) is 13.5 Å². The van der Waals surface area contributed by atoms with E-state index in [0.29, 0.717) is 33.0 Å². The third-order valence-corrected chi connectivity index (χ3v) is 5.20. The van der Waals surface area contributed by atoms with Crippen LogP contribution < -0.4 is 5.56 Å². The number of benzene rings is 3. The summed E-state index contributed by atoms with van der Waals surface area (Å²) in [5, 5.41) is 30.5. The molecule has 160 valence electrons. The summed E-state index contributed by atoms with van der Waals surface area (Å²) in [5.74, 6) is -0.821. The van der Waals surface area contributed by atoms with Crippen LogP contribution in [0.25, 0.3) is 21.9 Å². The van der Waals surface area contributed by atoms with E-state index in [1.165, 1.54) is 25.3 Å². The number of aromatic hydroxyl groups is 3. The molecule has 0 fully saturated rings. The van der Waals surface area contributed by atoms with Crippen LogP contribution in [0.3, 0.4) is 0 Å². The normalized spacial score (nSPS) is 11.3. The van der Waals surface area contributed by atoms with E-state index in [2.05, 4.69) is 9.98 Å². The van der Waals surface area contributed by atoms with Crippen molar-refractivity contribution in [1.82, 2.24) is 4.98 Å². The third-order valence-electron chi connectivity index (χ3n) is 5.20. The number of H-pyrrole nitrogens is 1. The second-order valence-corrected chi connectivity index (χ2v) is 7.37. The maximum atomic E-state index is 12.5. The van der Waals surface area contributed by atoms with Crippen molar-refractivity contribution in [2.75, 3.05) is 0 Å². The molecule has 0 aliphatic rings. The summed E-state index contributed by atoms with van der Waals surface area (Å²) in [5.41, 5.74) is 2.64. The number of aliphatic imine (C=N–C) groups is 1. The number of carbonyl (C=O) groups is 1. The van der Waals surface area contributed by atoms with Gasteiger partial charge >= 0.3 is 0 Å². The first-order valence-corrected chi connectivity index (χ1v) is 9.85. The summed E-state index contributed by atoms with van der Waals surface area (Å²) in [6.07, 6.45) is 1.46. The van der Waals surface area contributed by atoms with Gasteiger partial charge in [0, 0.05) is 22.6 Å². The Morgan fingerprint density at radius 3 is 2.44 bits per heavy atom. The van der Waals surface area contributed by atoms with E-state index in [9.17, 15) is 24.9 Å². The Morgan fingerprint density at radius 2 is 1.75 bits per heavy atom. The van der Waals surface area contributed by atoms with Crippen molar-refractivity contribution in [3.05, 3.63) is 87.7 Å². The molecular formula is C25H20N2O5. The second kappa shape index (κ2) is 8.39. The van der Waals surface area contributed by atoms with E-state index in [4.69, 9.17) is 0 Å². The molecule has 4 N–H and O–H groups in total. The molecule has 3 aromatic carbocycles. The Kier molecular flexibility index (Phi) is 5.47. The van der Waals surface area contributed by atoms with Crippen LogP contribution in [0.5, 0.6) is 17.4 Å². The van der Waals surface area contributed by atoms with Crippen molar-refractivity contribution >= 4 is 22.8 Å². The minimum Gasteiger partial charge on any atom is -0.504 e. The molecule has 32 heavy (non-hydrogen) atoms. The van der Waals surface area contributed by atoms with Gasteiger partial charge in [-0.25, -0.2) is 0 Å². The van der Waals surface area contributed by atoms with E-state index >= 15 is 0 Å². The van der Waals surface area contributed by atoms with Crippen molar-refractivity contribution in [3.63, 3.8) is 0 Å². The maximum Gasteiger partial charge on any atom is 0.258 e. The van der Waals surface area contributed by atoms with Gasteiger partial charge in [0.1, 0.15) is 0 Å². The highest BCUT2D eigenvalue weighted by Crippen LogP contribution is 2.32. The highest BCUT2D eigenvalue weighted by Gasteiger charge is 2.14. The van der Waals surface area contributed by atoms with Crippen LogP contribution in [-0.4, -0.2) is 32.3 Å². The summed E-state index contributed by atoms with van der Waals surface area (Å²) in [6, 6.07) is 16.7. The quantitative estimate of drug-likeness (QED) is 0.216. The molecule has 1 heterocycles. The zero-order chi connectivity index (χ0) is 22.8. The zero-order valence-corrected chi connectivity index (χ0v) is 17.2. The summed E-state index contributed by atoms with van der Waals surface area (Å²) in [4.78, 5) is 30.9. The lowest BCUT2D eigenvalue weighted by atomic mass is 9.95. The van der Waals surface area contributed by atoms with Gasteiger partial charge in [0.15, 0.2) is 17.3 Å². The van der Waals surface area contributed by atoms with Gasteiger partial charge < -0.3 is 15.3 Å². The smallest absolute Gasteiger partial charge is 0.258 e. The third kappa shape index (κ3) is 3.96. The summed E-state index contributed by atoms with van der Waals surface area (Å²) in [7, 11) is 0. The Balaban J connectivity index is 1.82. The number of rotatable bonds is 5. The first-order valence-electron chi connectivity index (χ1n) is 9.85. The topological polar surface area (TPSA) is 123 Å². The monoisotopic (exact) mass is 428 g/mol. The number of Topliss-reactive ketones (excluding diaryl/α,β-unsaturated/α-hetero) is 1. The fourth-order valence-corrected chi connectivity index (χ4v) is 3.55. The van der Waals surface area contributed by atoms with Crippen molar-refractivity contribution < 1.29 is 20.1 Å². The van der Waals surface area contributed by atoms with Gasteiger partial charge in [-0.1, -0.05) is 42.5 Å². The predicted molar refractivity (Wildman–Crippen MR) is 123 cm³/mol. The van der Waals surface area contributed by atoms with Gasteiger partial charge in [-0.05, 0) is 41.8 Å². The number of phenolic OH excluding ortho intramolecular Hbond substituents is 2. The van der Waals surface area contributed by atoms with Crippen LogP contribution in [0.2, 0.25) is 0 Å². The minimum absolute atomic E-state index is 0.0448. The maximum absolute atomic E-state index is 12.5. The highest BCUT2D eigenvalue weighted by atomic mass is 16.3. The summed E-state index contributed by atoms with van der Waals surface area (Å²) in [6.45, 7) is 1.68. The molecule has 0 aliphatic carbocycles. The van der Waals surface area contributed by atoms with Crippen molar-refractivity contribution in [1.29, 1.82) is 0 Å². The number of nitrogens with one attached hydrogen (secondary N) is 1. The molecule has 1 aromatic heterocycles. The molecular weight excluding hydrogens is 408 g/mol. The van der Waals surface area contributed by atoms with Gasteiger partial charge in [-0.15, -0.1) is 0 Å². The molecule has 0 saturated carbocycles. The molecule has 0 atom stereocenters. The lowest BCUT2D eigenvalue weighted by Crippen LogP contribution is -2.09. The van der Waals surface area contributed by atoms with Crippen LogP contribution in [0, 0.1) is 0 Å². The Bertz CT molecular complexity index is 1420. The molecule has 4 aromatic rings. The van der Waals surface area contributed by atoms with Crippen molar-refractivity contribution in [2.24, 2.45) is 4.99 Å². The van der Waals surface area contributed by atoms with Gasteiger partial charge in [0.2, 0.25) is 5.88 Å². The van der Waals surface area contributed by atoms with Crippen LogP contribution in [0.15, 0.2) is 70.5 Å². The first kappa shape index (κ1) is 20.9. The molecule has 0 aliphatic heterocycles. The SMILES string of the molecule is CC(=O)c1ccc(-c2cccc3c(=O)[nH]c(O)c(C=NCc4ccc(O)c(O)c4)c23)cc1. The summed E-state index contributed by atoms with van der Waals surface area (Å²) < 4.78 is 0. The molecule has 0 amide bonds. The second-order valence-electron chi connectivity index (χ2n) is 7.37. The fraction of sp³-hybridized carbons (Fsp3) is 0.0800. The first-order chi connectivity index (χ1) is 15.3. The van der Waals surface area contributed by atoms with Crippen LogP contribution in [0.1, 0.15) is 28.4 Å². The molecule has 0 bridgehead atoms. The standard InChI is InChI=1S/C25H20N2O5/c1-14(28)16-6-8-17(9-7-16)18-3-2-4-19-23(18)20(25(32)27-24(19)31)13-26-12-15-5-10-21(29)22(30)11-15/h2-11,13,29-30H,12H2,1H3,(H2,27,31,32). The van der Waals surface area contributed by atoms with E-state index in [1.54, 1.807) is 42.5 Å². The average molecular weight is 428 g/mol. The van der Waals surface area contributed by atoms with Gasteiger partial charge in [0.25, 0.3) is 5.56 Å². The molecule has 7 heteroatoms. The number of carbonyl (C=O) groups excluding carboxylic acids is 1. The fourth-order valence-electron chi connectivity index (χ4n) is 3.55. The van der Waals surface area contributed by atoms with E-state index < -0.39 is 5.56 Å². The number of aromatic amines is 1. The van der Waals surface area contributed by atoms with Crippen LogP contribution in [-0.2, 0) is 6.54 Å². The number of aromatic nitrogens is 1. The number of nitrogens with zero attached hydrogens (tertiary/aromatic N) is 1. The lowest BCUT2D eigenvalue weighted by molar-refractivity contribution is 0.101. The number of hydrogen-bond donors (Lipinski definition) is 4. The number of phenols is 2. The molecule has 0 spiro atoms. The molecule has 0 saturated heterocycles. The number of ketones is 1.